The summed E-state index contributed by atoms with van der Waals surface area (Å²) in [7, 11) is 0. The number of amides is 2. The third kappa shape index (κ3) is 4.26. The van der Waals surface area contributed by atoms with Gasteiger partial charge in [-0.25, -0.2) is 0 Å². The van der Waals surface area contributed by atoms with Crippen molar-refractivity contribution in [3.05, 3.63) is 35.9 Å². The van der Waals surface area contributed by atoms with Crippen LogP contribution >= 0.6 is 0 Å². The number of rotatable bonds is 4. The molecule has 1 aromatic carbocycles. The highest BCUT2D eigenvalue weighted by Gasteiger charge is 2.43. The number of piperidine rings is 2. The van der Waals surface area contributed by atoms with E-state index in [1.807, 2.05) is 28.0 Å². The maximum Gasteiger partial charge on any atom is 0.242 e. The molecular formula is C21H31N3O2. The molecule has 2 saturated heterocycles. The van der Waals surface area contributed by atoms with Crippen LogP contribution in [0.2, 0.25) is 0 Å². The Bertz CT molecular complexity index is 653. The van der Waals surface area contributed by atoms with Gasteiger partial charge in [-0.15, -0.1) is 0 Å². The van der Waals surface area contributed by atoms with E-state index >= 15 is 0 Å². The first-order chi connectivity index (χ1) is 12.3. The molecule has 142 valence electrons. The fourth-order valence-electron chi connectivity index (χ4n) is 4.34. The normalized spacial score (nSPS) is 24.2. The standard InChI is InChI=1S/C21H31N3O2/c1-20(2,22)19(26)24-13-6-11-21(16-24)12-9-18(25)23(15-21)14-10-17-7-4-3-5-8-17/h3-5,7-8H,6,9-16,22H2,1-2H3/t21-/m0/s1. The zero-order valence-electron chi connectivity index (χ0n) is 16.0. The van der Waals surface area contributed by atoms with Crippen molar-refractivity contribution >= 4 is 11.8 Å². The minimum atomic E-state index is -0.837. The number of hydrogen-bond acceptors (Lipinski definition) is 3. The van der Waals surface area contributed by atoms with Crippen molar-refractivity contribution in [1.82, 2.24) is 9.80 Å². The minimum absolute atomic E-state index is 0.0179. The van der Waals surface area contributed by atoms with Crippen molar-refractivity contribution in [1.29, 1.82) is 0 Å². The molecule has 1 aromatic rings. The van der Waals surface area contributed by atoms with Crippen molar-refractivity contribution < 1.29 is 9.59 Å². The molecule has 0 aliphatic carbocycles. The SMILES string of the molecule is CC(C)(N)C(=O)N1CCC[C@@]2(CCC(=O)N(CCc3ccccc3)C2)C1. The van der Waals surface area contributed by atoms with Gasteiger partial charge in [-0.05, 0) is 45.1 Å². The molecular weight excluding hydrogens is 326 g/mol. The Balaban J connectivity index is 1.66. The highest BCUT2D eigenvalue weighted by atomic mass is 16.2. The van der Waals surface area contributed by atoms with Crippen LogP contribution in [0.25, 0.3) is 0 Å². The Hall–Kier alpha value is -1.88. The smallest absolute Gasteiger partial charge is 0.242 e. The van der Waals surface area contributed by atoms with Gasteiger partial charge < -0.3 is 15.5 Å². The second kappa shape index (κ2) is 7.39. The van der Waals surface area contributed by atoms with E-state index in [-0.39, 0.29) is 17.2 Å². The molecule has 0 radical (unpaired) electrons. The number of carbonyl (C=O) groups is 2. The number of nitrogens with two attached hydrogens (primary N) is 1. The lowest BCUT2D eigenvalue weighted by Crippen LogP contribution is -2.59. The van der Waals surface area contributed by atoms with E-state index in [0.717, 1.165) is 51.9 Å². The average Bonchev–Trinajstić information content (AvgIpc) is 2.62. The lowest BCUT2D eigenvalue weighted by molar-refractivity contribution is -0.145. The van der Waals surface area contributed by atoms with E-state index in [1.165, 1.54) is 5.56 Å². The molecule has 2 aliphatic rings. The van der Waals surface area contributed by atoms with Gasteiger partial charge in [0.25, 0.3) is 0 Å². The molecule has 2 N–H and O–H groups in total. The maximum atomic E-state index is 12.6. The number of likely N-dealkylation sites (tertiary alicyclic amines) is 2. The van der Waals surface area contributed by atoms with Crippen LogP contribution < -0.4 is 5.73 Å². The Kier molecular flexibility index (Phi) is 5.37. The van der Waals surface area contributed by atoms with E-state index in [1.54, 1.807) is 13.8 Å². The van der Waals surface area contributed by atoms with Crippen molar-refractivity contribution in [2.75, 3.05) is 26.2 Å². The molecule has 1 atom stereocenters. The van der Waals surface area contributed by atoms with Crippen molar-refractivity contribution in [3.8, 4) is 0 Å². The van der Waals surface area contributed by atoms with Gasteiger partial charge in [-0.1, -0.05) is 30.3 Å². The number of hydrogen-bond donors (Lipinski definition) is 1. The summed E-state index contributed by atoms with van der Waals surface area (Å²) in [6, 6.07) is 10.3. The summed E-state index contributed by atoms with van der Waals surface area (Å²) in [5, 5.41) is 0. The Morgan fingerprint density at radius 3 is 2.62 bits per heavy atom. The maximum absolute atomic E-state index is 12.6. The molecule has 5 nitrogen and oxygen atoms in total. The largest absolute Gasteiger partial charge is 0.342 e. The quantitative estimate of drug-likeness (QED) is 0.898. The van der Waals surface area contributed by atoms with Gasteiger partial charge >= 0.3 is 0 Å². The van der Waals surface area contributed by atoms with Gasteiger partial charge in [-0.2, -0.15) is 0 Å². The summed E-state index contributed by atoms with van der Waals surface area (Å²) >= 11 is 0. The number of nitrogens with zero attached hydrogens (tertiary/aromatic N) is 2. The molecule has 2 fully saturated rings. The summed E-state index contributed by atoms with van der Waals surface area (Å²) in [4.78, 5) is 29.0. The first kappa shape index (κ1) is 18.9. The topological polar surface area (TPSA) is 66.6 Å². The van der Waals surface area contributed by atoms with Crippen LogP contribution in [-0.2, 0) is 16.0 Å². The average molecular weight is 357 g/mol. The Morgan fingerprint density at radius 2 is 1.92 bits per heavy atom. The Morgan fingerprint density at radius 1 is 1.19 bits per heavy atom. The summed E-state index contributed by atoms with van der Waals surface area (Å²) in [5.41, 5.74) is 6.48. The molecule has 0 bridgehead atoms. The fraction of sp³-hybridized carbons (Fsp3) is 0.619. The van der Waals surface area contributed by atoms with Gasteiger partial charge in [0.1, 0.15) is 0 Å². The van der Waals surface area contributed by atoms with E-state index < -0.39 is 5.54 Å². The molecule has 0 unspecified atom stereocenters. The first-order valence-corrected chi connectivity index (χ1v) is 9.69. The van der Waals surface area contributed by atoms with Crippen molar-refractivity contribution in [3.63, 3.8) is 0 Å². The van der Waals surface area contributed by atoms with Crippen LogP contribution in [0.5, 0.6) is 0 Å². The lowest BCUT2D eigenvalue weighted by atomic mass is 9.73. The molecule has 5 heteroatoms. The minimum Gasteiger partial charge on any atom is -0.342 e. The van der Waals surface area contributed by atoms with Gasteiger partial charge in [0.15, 0.2) is 0 Å². The van der Waals surface area contributed by atoms with Gasteiger partial charge in [0.05, 0.1) is 5.54 Å². The van der Waals surface area contributed by atoms with Gasteiger partial charge in [-0.3, -0.25) is 9.59 Å². The Labute approximate surface area is 156 Å². The molecule has 3 rings (SSSR count). The third-order valence-electron chi connectivity index (χ3n) is 5.76. The van der Waals surface area contributed by atoms with Gasteiger partial charge in [0.2, 0.25) is 11.8 Å². The number of carbonyl (C=O) groups excluding carboxylic acids is 2. The summed E-state index contributed by atoms with van der Waals surface area (Å²) in [5.74, 6) is 0.262. The van der Waals surface area contributed by atoms with E-state index in [0.29, 0.717) is 6.42 Å². The molecule has 0 aromatic heterocycles. The molecule has 2 amide bonds. The number of benzene rings is 1. The van der Waals surface area contributed by atoms with E-state index in [2.05, 4.69) is 12.1 Å². The predicted molar refractivity (Wildman–Crippen MR) is 102 cm³/mol. The summed E-state index contributed by atoms with van der Waals surface area (Å²) in [6.45, 7) is 6.55. The second-order valence-corrected chi connectivity index (χ2v) is 8.60. The predicted octanol–water partition coefficient (Wildman–Crippen LogP) is 2.20. The molecule has 26 heavy (non-hydrogen) atoms. The fourth-order valence-corrected chi connectivity index (χ4v) is 4.34. The van der Waals surface area contributed by atoms with Crippen LogP contribution in [0.3, 0.4) is 0 Å². The van der Waals surface area contributed by atoms with E-state index in [4.69, 9.17) is 5.73 Å². The van der Waals surface area contributed by atoms with Crippen molar-refractivity contribution in [2.24, 2.45) is 11.1 Å². The van der Waals surface area contributed by atoms with E-state index in [9.17, 15) is 9.59 Å². The molecule has 2 heterocycles. The monoisotopic (exact) mass is 357 g/mol. The van der Waals surface area contributed by atoms with Gasteiger partial charge in [0, 0.05) is 38.0 Å². The van der Waals surface area contributed by atoms with Crippen LogP contribution in [-0.4, -0.2) is 53.3 Å². The highest BCUT2D eigenvalue weighted by molar-refractivity contribution is 5.85. The summed E-state index contributed by atoms with van der Waals surface area (Å²) in [6.07, 6.45) is 4.41. The first-order valence-electron chi connectivity index (χ1n) is 9.69. The summed E-state index contributed by atoms with van der Waals surface area (Å²) < 4.78 is 0. The van der Waals surface area contributed by atoms with Crippen molar-refractivity contribution in [2.45, 2.75) is 51.5 Å². The third-order valence-corrected chi connectivity index (χ3v) is 5.76. The molecule has 1 spiro atoms. The zero-order valence-corrected chi connectivity index (χ0v) is 16.0. The van der Waals surface area contributed by atoms with Crippen LogP contribution in [0.1, 0.15) is 45.1 Å². The van der Waals surface area contributed by atoms with Crippen LogP contribution in [0, 0.1) is 5.41 Å². The highest BCUT2D eigenvalue weighted by Crippen LogP contribution is 2.39. The van der Waals surface area contributed by atoms with Crippen LogP contribution in [0.4, 0.5) is 0 Å². The lowest BCUT2D eigenvalue weighted by Gasteiger charge is -2.49. The van der Waals surface area contributed by atoms with Crippen LogP contribution in [0.15, 0.2) is 30.3 Å². The zero-order chi connectivity index (χ0) is 18.8. The second-order valence-electron chi connectivity index (χ2n) is 8.60. The molecule has 2 aliphatic heterocycles. The molecule has 0 saturated carbocycles.